The average molecular weight is 586 g/mol. The van der Waals surface area contributed by atoms with E-state index in [0.717, 1.165) is 11.1 Å². The Kier molecular flexibility index (Phi) is 8.85. The highest BCUT2D eigenvalue weighted by Crippen LogP contribution is 2.32. The summed E-state index contributed by atoms with van der Waals surface area (Å²) in [6, 6.07) is 23.9. The Morgan fingerprint density at radius 2 is 1.60 bits per heavy atom. The van der Waals surface area contributed by atoms with Crippen molar-refractivity contribution in [2.75, 3.05) is 26.7 Å². The van der Waals surface area contributed by atoms with Crippen LogP contribution in [-0.4, -0.2) is 87.5 Å². The zero-order chi connectivity index (χ0) is 30.5. The number of likely N-dealkylation sites (N-methyl/N-ethyl adjacent to an activating group) is 1. The van der Waals surface area contributed by atoms with Gasteiger partial charge in [-0.3, -0.25) is 19.4 Å². The van der Waals surface area contributed by atoms with E-state index in [-0.39, 0.29) is 43.7 Å². The molecule has 2 N–H and O–H groups in total. The topological polar surface area (TPSA) is 114 Å². The lowest BCUT2D eigenvalue weighted by Crippen LogP contribution is -2.75. The van der Waals surface area contributed by atoms with Gasteiger partial charge in [-0.05, 0) is 28.8 Å². The van der Waals surface area contributed by atoms with Crippen LogP contribution in [0, 0.1) is 5.82 Å². The number of fused-ring (bicyclic) bond motifs is 1. The van der Waals surface area contributed by atoms with E-state index in [4.69, 9.17) is 0 Å². The van der Waals surface area contributed by atoms with Crippen molar-refractivity contribution in [3.8, 4) is 0 Å². The van der Waals surface area contributed by atoms with Gasteiger partial charge in [-0.2, -0.15) is 0 Å². The molecule has 0 saturated carbocycles. The molecule has 222 valence electrons. The number of hydrazine groups is 1. The summed E-state index contributed by atoms with van der Waals surface area (Å²) in [5, 5.41) is 15.9. The maximum atomic E-state index is 13.9. The van der Waals surface area contributed by atoms with Gasteiger partial charge in [-0.25, -0.2) is 14.2 Å². The molecule has 3 aromatic carbocycles. The number of carboxylic acid groups (broad SMARTS) is 1. The lowest BCUT2D eigenvalue weighted by molar-refractivity contribution is -0.193. The van der Waals surface area contributed by atoms with Crippen LogP contribution < -0.4 is 5.32 Å². The normalized spacial score (nSPS) is 18.8. The van der Waals surface area contributed by atoms with E-state index in [1.807, 2.05) is 66.6 Å². The molecule has 0 aromatic heterocycles. The number of piperazine rings is 1. The average Bonchev–Trinajstić information content (AvgIpc) is 3.00. The van der Waals surface area contributed by atoms with Crippen molar-refractivity contribution >= 4 is 23.7 Å². The Labute approximate surface area is 248 Å². The summed E-state index contributed by atoms with van der Waals surface area (Å²) < 4.78 is 13.4. The van der Waals surface area contributed by atoms with Crippen molar-refractivity contribution in [1.82, 2.24) is 25.1 Å². The molecule has 0 bridgehead atoms. The van der Waals surface area contributed by atoms with Crippen LogP contribution in [0.1, 0.15) is 29.0 Å². The molecule has 2 saturated heterocycles. The van der Waals surface area contributed by atoms with Crippen LogP contribution in [0.3, 0.4) is 0 Å². The predicted octanol–water partition coefficient (Wildman–Crippen LogP) is 2.42. The molecule has 2 aliphatic rings. The summed E-state index contributed by atoms with van der Waals surface area (Å²) in [5.74, 6) is -0.816. The highest BCUT2D eigenvalue weighted by atomic mass is 19.1. The fourth-order valence-electron chi connectivity index (χ4n) is 5.81. The number of hydrogen-bond donors (Lipinski definition) is 2. The lowest BCUT2D eigenvalue weighted by Gasteiger charge is -2.55. The van der Waals surface area contributed by atoms with Crippen molar-refractivity contribution in [1.29, 1.82) is 0 Å². The molecule has 0 unspecified atom stereocenters. The molecule has 0 aliphatic carbocycles. The first-order chi connectivity index (χ1) is 20.8. The van der Waals surface area contributed by atoms with Crippen LogP contribution in [0.2, 0.25) is 0 Å². The van der Waals surface area contributed by atoms with Crippen LogP contribution in [0.25, 0.3) is 0 Å². The zero-order valence-corrected chi connectivity index (χ0v) is 23.6. The van der Waals surface area contributed by atoms with E-state index < -0.39 is 36.4 Å². The minimum atomic E-state index is -1.27. The molecule has 2 heterocycles. The standard InChI is InChI=1S/C32H32FN5O5/c1-35-20-30(40)37-27(16-31(41)42)32(43)36(18-26(23-8-4-2-5-9-23)24-10-6-3-7-11-24)19-29(37)38(35)28(21-39)34-17-22-12-14-25(33)15-13-22/h2-15,26-27,29,34H,16-20H2,1H3,(H,41,42)/t27-,29-/m0/s1. The Bertz CT molecular complexity index is 1470. The summed E-state index contributed by atoms with van der Waals surface area (Å²) in [7, 11) is 1.63. The second kappa shape index (κ2) is 12.9. The summed E-state index contributed by atoms with van der Waals surface area (Å²) in [6.45, 7) is 0.230. The van der Waals surface area contributed by atoms with Crippen molar-refractivity contribution in [2.24, 2.45) is 0 Å². The molecular formula is C32H32FN5O5. The molecule has 5 rings (SSSR count). The number of amides is 2. The van der Waals surface area contributed by atoms with Gasteiger partial charge in [0.05, 0.1) is 19.5 Å². The largest absolute Gasteiger partial charge is 0.481 e. The Morgan fingerprint density at radius 1 is 1.00 bits per heavy atom. The van der Waals surface area contributed by atoms with Gasteiger partial charge in [0, 0.05) is 26.1 Å². The highest BCUT2D eigenvalue weighted by molar-refractivity contribution is 5.93. The number of nitrogens with one attached hydrogen (secondary N) is 1. The minimum absolute atomic E-state index is 0.000340. The van der Waals surface area contributed by atoms with Gasteiger partial charge in [0.2, 0.25) is 17.6 Å². The Balaban J connectivity index is 1.49. The number of benzene rings is 3. The SMILES string of the molecule is CN1CC(=O)N2[C@@H](CC(=O)O)C(=O)N(CC(c3ccccc3)c3ccccc3)C[C@@H]2N1C(=C=O)NCc1ccc(F)cc1. The monoisotopic (exact) mass is 585 g/mol. The number of carboxylic acids is 1. The van der Waals surface area contributed by atoms with Gasteiger partial charge in [0.1, 0.15) is 18.0 Å². The first-order valence-electron chi connectivity index (χ1n) is 13.9. The summed E-state index contributed by atoms with van der Waals surface area (Å²) in [6.07, 6.45) is -1.46. The van der Waals surface area contributed by atoms with Gasteiger partial charge in [-0.1, -0.05) is 72.8 Å². The molecule has 3 aromatic rings. The van der Waals surface area contributed by atoms with Gasteiger partial charge in [-0.15, -0.1) is 0 Å². The van der Waals surface area contributed by atoms with Gasteiger partial charge >= 0.3 is 5.97 Å². The number of carbonyl (C=O) groups excluding carboxylic acids is 3. The zero-order valence-electron chi connectivity index (χ0n) is 23.6. The third kappa shape index (κ3) is 6.43. The highest BCUT2D eigenvalue weighted by Gasteiger charge is 2.51. The first-order valence-corrected chi connectivity index (χ1v) is 13.9. The third-order valence-electron chi connectivity index (χ3n) is 7.81. The van der Waals surface area contributed by atoms with E-state index >= 15 is 0 Å². The number of carbonyl (C=O) groups is 3. The minimum Gasteiger partial charge on any atom is -0.481 e. The first kappa shape index (κ1) is 29.5. The quantitative estimate of drug-likeness (QED) is 0.349. The summed E-state index contributed by atoms with van der Waals surface area (Å²) >= 11 is 0. The molecule has 10 nitrogen and oxygen atoms in total. The summed E-state index contributed by atoms with van der Waals surface area (Å²) in [4.78, 5) is 54.4. The smallest absolute Gasteiger partial charge is 0.305 e. The number of rotatable bonds is 10. The van der Waals surface area contributed by atoms with Gasteiger partial charge in [0.15, 0.2) is 5.94 Å². The molecule has 0 radical (unpaired) electrons. The van der Waals surface area contributed by atoms with Crippen LogP contribution in [-0.2, 0) is 25.7 Å². The molecule has 11 heteroatoms. The van der Waals surface area contributed by atoms with Crippen LogP contribution in [0.4, 0.5) is 4.39 Å². The maximum absolute atomic E-state index is 13.9. The lowest BCUT2D eigenvalue weighted by atomic mass is 9.90. The van der Waals surface area contributed by atoms with E-state index in [9.17, 15) is 28.7 Å². The van der Waals surface area contributed by atoms with E-state index in [1.54, 1.807) is 34.1 Å². The van der Waals surface area contributed by atoms with Crippen LogP contribution >= 0.6 is 0 Å². The molecule has 0 spiro atoms. The number of aliphatic carboxylic acids is 1. The van der Waals surface area contributed by atoms with E-state index in [1.165, 1.54) is 17.0 Å². The van der Waals surface area contributed by atoms with Crippen LogP contribution in [0.15, 0.2) is 90.8 Å². The molecule has 2 amide bonds. The van der Waals surface area contributed by atoms with Crippen LogP contribution in [0.5, 0.6) is 0 Å². The fourth-order valence-corrected chi connectivity index (χ4v) is 5.81. The third-order valence-corrected chi connectivity index (χ3v) is 7.81. The maximum Gasteiger partial charge on any atom is 0.305 e. The summed E-state index contributed by atoms with van der Waals surface area (Å²) in [5.41, 5.74) is 2.66. The number of nitrogens with zero attached hydrogens (tertiary/aromatic N) is 4. The van der Waals surface area contributed by atoms with Crippen molar-refractivity contribution in [2.45, 2.75) is 31.1 Å². The fraction of sp³-hybridized carbons (Fsp3) is 0.281. The molecular weight excluding hydrogens is 553 g/mol. The second-order valence-corrected chi connectivity index (χ2v) is 10.6. The predicted molar refractivity (Wildman–Crippen MR) is 155 cm³/mol. The van der Waals surface area contributed by atoms with E-state index in [2.05, 4.69) is 5.32 Å². The van der Waals surface area contributed by atoms with Crippen molar-refractivity contribution in [3.63, 3.8) is 0 Å². The second-order valence-electron chi connectivity index (χ2n) is 10.6. The van der Waals surface area contributed by atoms with Crippen molar-refractivity contribution in [3.05, 3.63) is 113 Å². The molecule has 2 fully saturated rings. The van der Waals surface area contributed by atoms with Gasteiger partial charge < -0.3 is 20.2 Å². The molecule has 43 heavy (non-hydrogen) atoms. The van der Waals surface area contributed by atoms with Crippen molar-refractivity contribution < 1.29 is 28.7 Å². The molecule has 2 atom stereocenters. The van der Waals surface area contributed by atoms with Gasteiger partial charge in [0.25, 0.3) is 0 Å². The Hall–Kier alpha value is -4.99. The van der Waals surface area contributed by atoms with E-state index in [0.29, 0.717) is 5.56 Å². The molecule has 2 aliphatic heterocycles. The Morgan fingerprint density at radius 3 is 2.16 bits per heavy atom. The number of halogens is 1. The number of hydrogen-bond acceptors (Lipinski definition) is 7.